The van der Waals surface area contributed by atoms with E-state index in [1.165, 1.54) is 0 Å². The second-order valence-electron chi connectivity index (χ2n) is 8.72. The summed E-state index contributed by atoms with van der Waals surface area (Å²) in [5.74, 6) is -0.0562. The van der Waals surface area contributed by atoms with Crippen LogP contribution >= 0.6 is 0 Å². The van der Waals surface area contributed by atoms with Crippen LogP contribution in [0.2, 0.25) is 0 Å². The largest absolute Gasteiger partial charge is 0.444 e. The Bertz CT molecular complexity index is 700. The summed E-state index contributed by atoms with van der Waals surface area (Å²) in [6.45, 7) is 7.23. The SMILES string of the molecule is CC(C)(C)OC(=O)N[C@@H](Cc1ccccc1)C(=O)NCCCN1CCCCCC1=O. The van der Waals surface area contributed by atoms with Crippen LogP contribution in [0, 0.1) is 0 Å². The molecule has 1 saturated heterocycles. The van der Waals surface area contributed by atoms with E-state index in [1.807, 2.05) is 35.2 Å². The summed E-state index contributed by atoms with van der Waals surface area (Å²) in [6, 6.07) is 8.81. The van der Waals surface area contributed by atoms with Crippen molar-refractivity contribution in [3.8, 4) is 0 Å². The van der Waals surface area contributed by atoms with E-state index in [4.69, 9.17) is 4.74 Å². The lowest BCUT2D eigenvalue weighted by Crippen LogP contribution is -2.49. The maximum absolute atomic E-state index is 12.8. The van der Waals surface area contributed by atoms with E-state index < -0.39 is 17.7 Å². The molecule has 1 heterocycles. The van der Waals surface area contributed by atoms with E-state index in [0.717, 1.165) is 31.4 Å². The molecule has 0 aliphatic carbocycles. The normalized spacial score (nSPS) is 15.8. The van der Waals surface area contributed by atoms with Gasteiger partial charge in [0, 0.05) is 32.5 Å². The number of nitrogens with one attached hydrogen (secondary N) is 2. The lowest BCUT2D eigenvalue weighted by Gasteiger charge is -2.24. The third-order valence-corrected chi connectivity index (χ3v) is 4.87. The Morgan fingerprint density at radius 3 is 2.57 bits per heavy atom. The molecule has 0 unspecified atom stereocenters. The minimum absolute atomic E-state index is 0.201. The van der Waals surface area contributed by atoms with E-state index >= 15 is 0 Å². The van der Waals surface area contributed by atoms with Crippen molar-refractivity contribution in [2.45, 2.75) is 70.9 Å². The molecule has 0 spiro atoms. The van der Waals surface area contributed by atoms with Gasteiger partial charge in [-0.3, -0.25) is 9.59 Å². The molecule has 30 heavy (non-hydrogen) atoms. The van der Waals surface area contributed by atoms with Gasteiger partial charge in [0.15, 0.2) is 0 Å². The molecule has 1 aliphatic heterocycles. The standard InChI is InChI=1S/C23H35N3O4/c1-23(2,3)30-22(29)25-19(17-18-11-6-4-7-12-18)21(28)24-14-10-16-26-15-9-5-8-13-20(26)27/h4,6-7,11-12,19H,5,8-10,13-17H2,1-3H3,(H,24,28)(H,25,29)/t19-/m0/s1. The number of benzene rings is 1. The highest BCUT2D eigenvalue weighted by Gasteiger charge is 2.24. The molecular weight excluding hydrogens is 382 g/mol. The van der Waals surface area contributed by atoms with Crippen LogP contribution in [0.15, 0.2) is 30.3 Å². The molecule has 2 rings (SSSR count). The van der Waals surface area contributed by atoms with Gasteiger partial charge in [-0.05, 0) is 45.6 Å². The summed E-state index contributed by atoms with van der Waals surface area (Å²) in [7, 11) is 0. The minimum atomic E-state index is -0.734. The molecular formula is C23H35N3O4. The Morgan fingerprint density at radius 1 is 1.13 bits per heavy atom. The van der Waals surface area contributed by atoms with Gasteiger partial charge in [-0.25, -0.2) is 4.79 Å². The second-order valence-corrected chi connectivity index (χ2v) is 8.72. The first-order valence-corrected chi connectivity index (χ1v) is 10.8. The third-order valence-electron chi connectivity index (χ3n) is 4.87. The Balaban J connectivity index is 1.87. The Kier molecular flexibility index (Phi) is 9.15. The molecule has 1 aromatic carbocycles. The highest BCUT2D eigenvalue weighted by molar-refractivity contribution is 5.86. The molecule has 0 saturated carbocycles. The summed E-state index contributed by atoms with van der Waals surface area (Å²) in [6.07, 6.45) is 4.15. The quantitative estimate of drug-likeness (QED) is 0.637. The van der Waals surface area contributed by atoms with Crippen LogP contribution in [0.1, 0.15) is 58.4 Å². The van der Waals surface area contributed by atoms with Crippen LogP contribution in [0.4, 0.5) is 4.79 Å². The third kappa shape index (κ3) is 8.84. The number of carbonyl (C=O) groups is 3. The van der Waals surface area contributed by atoms with Gasteiger partial charge in [0.2, 0.25) is 11.8 Å². The number of hydrogen-bond acceptors (Lipinski definition) is 4. The highest BCUT2D eigenvalue weighted by Crippen LogP contribution is 2.11. The van der Waals surface area contributed by atoms with E-state index in [0.29, 0.717) is 32.4 Å². The minimum Gasteiger partial charge on any atom is -0.444 e. The first-order valence-electron chi connectivity index (χ1n) is 10.8. The molecule has 3 amide bonds. The maximum Gasteiger partial charge on any atom is 0.408 e. The van der Waals surface area contributed by atoms with E-state index in [-0.39, 0.29) is 11.8 Å². The molecule has 2 N–H and O–H groups in total. The summed E-state index contributed by atoms with van der Waals surface area (Å²) in [5, 5.41) is 5.58. The van der Waals surface area contributed by atoms with Crippen molar-refractivity contribution >= 4 is 17.9 Å². The molecule has 0 radical (unpaired) electrons. The molecule has 1 atom stereocenters. The smallest absolute Gasteiger partial charge is 0.408 e. The molecule has 7 heteroatoms. The Hall–Kier alpha value is -2.57. The van der Waals surface area contributed by atoms with Crippen molar-refractivity contribution in [2.75, 3.05) is 19.6 Å². The number of rotatable bonds is 8. The van der Waals surface area contributed by atoms with Crippen LogP contribution in [0.5, 0.6) is 0 Å². The van der Waals surface area contributed by atoms with Crippen LogP contribution in [-0.4, -0.2) is 54.1 Å². The van der Waals surface area contributed by atoms with Gasteiger partial charge in [0.25, 0.3) is 0 Å². The fraction of sp³-hybridized carbons (Fsp3) is 0.609. The zero-order valence-corrected chi connectivity index (χ0v) is 18.4. The zero-order chi connectivity index (χ0) is 22.0. The fourth-order valence-corrected chi connectivity index (χ4v) is 3.39. The molecule has 0 aromatic heterocycles. The van der Waals surface area contributed by atoms with Crippen LogP contribution in [-0.2, 0) is 20.7 Å². The van der Waals surface area contributed by atoms with Crippen LogP contribution in [0.25, 0.3) is 0 Å². The number of nitrogens with zero attached hydrogens (tertiary/aromatic N) is 1. The maximum atomic E-state index is 12.8. The van der Waals surface area contributed by atoms with Crippen LogP contribution in [0.3, 0.4) is 0 Å². The molecule has 1 fully saturated rings. The topological polar surface area (TPSA) is 87.7 Å². The number of carbonyl (C=O) groups excluding carboxylic acids is 3. The number of hydrogen-bond donors (Lipinski definition) is 2. The Morgan fingerprint density at radius 2 is 1.87 bits per heavy atom. The van der Waals surface area contributed by atoms with Crippen molar-refractivity contribution in [2.24, 2.45) is 0 Å². The van der Waals surface area contributed by atoms with Crippen molar-refractivity contribution in [3.05, 3.63) is 35.9 Å². The zero-order valence-electron chi connectivity index (χ0n) is 18.4. The average molecular weight is 418 g/mol. The molecule has 166 valence electrons. The van der Waals surface area contributed by atoms with E-state index in [2.05, 4.69) is 10.6 Å². The number of amides is 3. The first kappa shape index (κ1) is 23.7. The van der Waals surface area contributed by atoms with Crippen molar-refractivity contribution < 1.29 is 19.1 Å². The predicted molar refractivity (Wildman–Crippen MR) is 116 cm³/mol. The molecule has 1 aliphatic rings. The highest BCUT2D eigenvalue weighted by atomic mass is 16.6. The van der Waals surface area contributed by atoms with Gasteiger partial charge >= 0.3 is 6.09 Å². The van der Waals surface area contributed by atoms with Gasteiger partial charge in [-0.2, -0.15) is 0 Å². The summed E-state index contributed by atoms with van der Waals surface area (Å²) in [5.41, 5.74) is 0.307. The van der Waals surface area contributed by atoms with Crippen molar-refractivity contribution in [1.29, 1.82) is 0 Å². The lowest BCUT2D eigenvalue weighted by molar-refractivity contribution is -0.130. The molecule has 1 aromatic rings. The van der Waals surface area contributed by atoms with Gasteiger partial charge in [-0.15, -0.1) is 0 Å². The van der Waals surface area contributed by atoms with Gasteiger partial charge in [0.05, 0.1) is 0 Å². The first-order chi connectivity index (χ1) is 14.2. The van der Waals surface area contributed by atoms with Crippen molar-refractivity contribution in [1.82, 2.24) is 15.5 Å². The molecule has 0 bridgehead atoms. The predicted octanol–water partition coefficient (Wildman–Crippen LogP) is 3.03. The van der Waals surface area contributed by atoms with Gasteiger partial charge in [0.1, 0.15) is 11.6 Å². The van der Waals surface area contributed by atoms with E-state index in [1.54, 1.807) is 20.8 Å². The second kappa shape index (κ2) is 11.6. The monoisotopic (exact) mass is 417 g/mol. The van der Waals surface area contributed by atoms with Crippen molar-refractivity contribution in [3.63, 3.8) is 0 Å². The summed E-state index contributed by atoms with van der Waals surface area (Å²) >= 11 is 0. The van der Waals surface area contributed by atoms with E-state index in [9.17, 15) is 14.4 Å². The van der Waals surface area contributed by atoms with Gasteiger partial charge < -0.3 is 20.3 Å². The Labute approximate surface area is 179 Å². The fourth-order valence-electron chi connectivity index (χ4n) is 3.39. The summed E-state index contributed by atoms with van der Waals surface area (Å²) < 4.78 is 5.31. The average Bonchev–Trinajstić information content (AvgIpc) is 2.88. The molecule has 7 nitrogen and oxygen atoms in total. The summed E-state index contributed by atoms with van der Waals surface area (Å²) in [4.78, 5) is 38.9. The number of ether oxygens (including phenoxy) is 1. The number of alkyl carbamates (subject to hydrolysis) is 1. The van der Waals surface area contributed by atoms with Gasteiger partial charge in [-0.1, -0.05) is 36.8 Å². The number of likely N-dealkylation sites (tertiary alicyclic amines) is 1. The lowest BCUT2D eigenvalue weighted by atomic mass is 10.1. The van der Waals surface area contributed by atoms with Crippen LogP contribution < -0.4 is 10.6 Å².